The van der Waals surface area contributed by atoms with Crippen LogP contribution in [0.25, 0.3) is 11.0 Å². The van der Waals surface area contributed by atoms with Crippen LogP contribution in [-0.2, 0) is 11.2 Å². The number of nitrogen functional groups attached to an aromatic ring is 1. The number of aryl methyl sites for hydroxylation is 1. The summed E-state index contributed by atoms with van der Waals surface area (Å²) >= 11 is 0. The fourth-order valence-electron chi connectivity index (χ4n) is 3.70. The Labute approximate surface area is 175 Å². The molecule has 2 aromatic heterocycles. The third-order valence-electron chi connectivity index (χ3n) is 4.93. The van der Waals surface area contributed by atoms with Gasteiger partial charge >= 0.3 is 6.09 Å². The Morgan fingerprint density at radius 2 is 2.03 bits per heavy atom. The molecule has 3 aromatic rings. The Bertz CT molecular complexity index is 1090. The van der Waals surface area contributed by atoms with E-state index in [1.165, 1.54) is 17.5 Å². The number of carbonyl (C=O) groups excluding carboxylic acids is 1. The van der Waals surface area contributed by atoms with Crippen LogP contribution in [0.4, 0.5) is 22.1 Å². The van der Waals surface area contributed by atoms with Crippen molar-refractivity contribution in [1.29, 1.82) is 0 Å². The maximum Gasteiger partial charge on any atom is 0.412 e. The van der Waals surface area contributed by atoms with Crippen molar-refractivity contribution in [2.75, 3.05) is 16.4 Å². The van der Waals surface area contributed by atoms with Crippen molar-refractivity contribution in [3.05, 3.63) is 47.8 Å². The Morgan fingerprint density at radius 1 is 1.20 bits per heavy atom. The molecule has 1 aliphatic rings. The minimum absolute atomic E-state index is 0.111. The van der Waals surface area contributed by atoms with E-state index in [0.717, 1.165) is 36.2 Å². The van der Waals surface area contributed by atoms with Crippen LogP contribution < -0.4 is 16.4 Å². The van der Waals surface area contributed by atoms with Gasteiger partial charge in [-0.1, -0.05) is 6.07 Å². The molecule has 0 saturated heterocycles. The predicted octanol–water partition coefficient (Wildman–Crippen LogP) is 4.44. The number of hydrogen-bond acceptors (Lipinski definition) is 7. The zero-order valence-electron chi connectivity index (χ0n) is 17.4. The van der Waals surface area contributed by atoms with Gasteiger partial charge in [0.2, 0.25) is 0 Å². The molecule has 30 heavy (non-hydrogen) atoms. The van der Waals surface area contributed by atoms with E-state index in [0.29, 0.717) is 11.5 Å². The zero-order valence-corrected chi connectivity index (χ0v) is 17.4. The van der Waals surface area contributed by atoms with Gasteiger partial charge in [-0.2, -0.15) is 0 Å². The van der Waals surface area contributed by atoms with Crippen LogP contribution in [0.3, 0.4) is 0 Å². The summed E-state index contributed by atoms with van der Waals surface area (Å²) in [6.45, 7) is 5.53. The summed E-state index contributed by atoms with van der Waals surface area (Å²) in [5, 5.41) is 7.20. The van der Waals surface area contributed by atoms with Crippen LogP contribution in [0.2, 0.25) is 0 Å². The van der Waals surface area contributed by atoms with E-state index >= 15 is 0 Å². The quantitative estimate of drug-likeness (QED) is 0.589. The molecule has 4 N–H and O–H groups in total. The molecule has 1 amide bonds. The highest BCUT2D eigenvalue weighted by molar-refractivity contribution is 5.87. The van der Waals surface area contributed by atoms with Gasteiger partial charge in [0.05, 0.1) is 11.4 Å². The van der Waals surface area contributed by atoms with Crippen molar-refractivity contribution in [2.24, 2.45) is 0 Å². The summed E-state index contributed by atoms with van der Waals surface area (Å²) in [6, 6.07) is 9.73. The normalized spacial score (nSPS) is 16.0. The largest absolute Gasteiger partial charge is 0.444 e. The maximum absolute atomic E-state index is 12.1. The van der Waals surface area contributed by atoms with Gasteiger partial charge < -0.3 is 15.8 Å². The molecule has 1 atom stereocenters. The maximum atomic E-state index is 12.1. The standard InChI is InChI=1S/C22H26N6O2/c1-22(2,3)30-21(29)26-14-7-8-15-13(11-14)5-4-6-17(15)27-19-16-9-10-18(23)28-20(16)25-12-24-19/h7-12,17H,4-6H2,1-3H3,(H,26,29)(H3,23,24,25,27,28). The molecule has 0 aliphatic heterocycles. The molecule has 1 aromatic carbocycles. The van der Waals surface area contributed by atoms with Crippen molar-refractivity contribution in [3.63, 3.8) is 0 Å². The first-order chi connectivity index (χ1) is 14.3. The number of nitrogens with one attached hydrogen (secondary N) is 2. The summed E-state index contributed by atoms with van der Waals surface area (Å²) in [7, 11) is 0. The molecule has 8 heteroatoms. The van der Waals surface area contributed by atoms with Crippen molar-refractivity contribution < 1.29 is 9.53 Å². The molecular formula is C22H26N6O2. The topological polar surface area (TPSA) is 115 Å². The fraction of sp³-hybridized carbons (Fsp3) is 0.364. The average Bonchev–Trinajstić information content (AvgIpc) is 2.66. The average molecular weight is 406 g/mol. The monoisotopic (exact) mass is 406 g/mol. The number of amides is 1. The molecule has 0 radical (unpaired) electrons. The second-order valence-electron chi connectivity index (χ2n) is 8.46. The first-order valence-electron chi connectivity index (χ1n) is 10.0. The van der Waals surface area contributed by atoms with Crippen molar-refractivity contribution in [3.8, 4) is 0 Å². The van der Waals surface area contributed by atoms with Gasteiger partial charge in [-0.3, -0.25) is 5.32 Å². The van der Waals surface area contributed by atoms with Crippen LogP contribution in [-0.4, -0.2) is 26.6 Å². The Balaban J connectivity index is 1.55. The Hall–Kier alpha value is -3.42. The third-order valence-corrected chi connectivity index (χ3v) is 4.93. The number of carbonyl (C=O) groups is 1. The second kappa shape index (κ2) is 7.78. The Kier molecular flexibility index (Phi) is 5.15. The number of fused-ring (bicyclic) bond motifs is 2. The molecule has 0 fully saturated rings. The van der Waals surface area contributed by atoms with Crippen LogP contribution in [0, 0.1) is 0 Å². The van der Waals surface area contributed by atoms with E-state index in [4.69, 9.17) is 10.5 Å². The smallest absolute Gasteiger partial charge is 0.412 e. The summed E-state index contributed by atoms with van der Waals surface area (Å²) < 4.78 is 5.34. The molecule has 1 unspecified atom stereocenters. The van der Waals surface area contributed by atoms with E-state index in [2.05, 4.69) is 31.7 Å². The van der Waals surface area contributed by atoms with Crippen LogP contribution in [0.5, 0.6) is 0 Å². The Morgan fingerprint density at radius 3 is 2.83 bits per heavy atom. The number of rotatable bonds is 3. The predicted molar refractivity (Wildman–Crippen MR) is 117 cm³/mol. The lowest BCUT2D eigenvalue weighted by molar-refractivity contribution is 0.0636. The fourth-order valence-corrected chi connectivity index (χ4v) is 3.70. The van der Waals surface area contributed by atoms with Crippen LogP contribution >= 0.6 is 0 Å². The minimum atomic E-state index is -0.535. The van der Waals surface area contributed by atoms with Crippen molar-refractivity contribution in [1.82, 2.24) is 15.0 Å². The van der Waals surface area contributed by atoms with Gasteiger partial charge in [-0.15, -0.1) is 0 Å². The number of aromatic nitrogens is 3. The highest BCUT2D eigenvalue weighted by atomic mass is 16.6. The van der Waals surface area contributed by atoms with Crippen LogP contribution in [0.15, 0.2) is 36.7 Å². The molecular weight excluding hydrogens is 380 g/mol. The molecule has 0 spiro atoms. The first kappa shape index (κ1) is 19.9. The molecule has 4 rings (SSSR count). The number of anilines is 3. The molecule has 0 saturated carbocycles. The summed E-state index contributed by atoms with van der Waals surface area (Å²) in [5.41, 5.74) is 8.94. The highest BCUT2D eigenvalue weighted by Crippen LogP contribution is 2.35. The summed E-state index contributed by atoms with van der Waals surface area (Å²) in [4.78, 5) is 25.0. The van der Waals surface area contributed by atoms with Gasteiger partial charge in [-0.25, -0.2) is 19.7 Å². The molecule has 1 aliphatic carbocycles. The van der Waals surface area contributed by atoms with E-state index < -0.39 is 11.7 Å². The third kappa shape index (κ3) is 4.42. The first-order valence-corrected chi connectivity index (χ1v) is 10.0. The van der Waals surface area contributed by atoms with Gasteiger partial charge in [0.15, 0.2) is 5.65 Å². The number of nitrogens with zero attached hydrogens (tertiary/aromatic N) is 3. The van der Waals surface area contributed by atoms with E-state index in [-0.39, 0.29) is 6.04 Å². The summed E-state index contributed by atoms with van der Waals surface area (Å²) in [5.74, 6) is 1.17. The number of pyridine rings is 1. The van der Waals surface area contributed by atoms with Crippen LogP contribution in [0.1, 0.15) is 50.8 Å². The zero-order chi connectivity index (χ0) is 21.3. The number of benzene rings is 1. The van der Waals surface area contributed by atoms with Gasteiger partial charge in [0.25, 0.3) is 0 Å². The SMILES string of the molecule is CC(C)(C)OC(=O)Nc1ccc2c(c1)CCCC2Nc1ncnc2nc(N)ccc12. The van der Waals surface area contributed by atoms with E-state index in [9.17, 15) is 4.79 Å². The minimum Gasteiger partial charge on any atom is -0.444 e. The second-order valence-corrected chi connectivity index (χ2v) is 8.46. The molecule has 2 heterocycles. The van der Waals surface area contributed by atoms with Gasteiger partial charge in [0, 0.05) is 5.69 Å². The van der Waals surface area contributed by atoms with E-state index in [1.807, 2.05) is 39.0 Å². The lowest BCUT2D eigenvalue weighted by Gasteiger charge is -2.28. The lowest BCUT2D eigenvalue weighted by Crippen LogP contribution is -2.27. The van der Waals surface area contributed by atoms with Crippen molar-refractivity contribution in [2.45, 2.75) is 51.7 Å². The number of hydrogen-bond donors (Lipinski definition) is 3. The lowest BCUT2D eigenvalue weighted by atomic mass is 9.87. The summed E-state index contributed by atoms with van der Waals surface area (Å²) in [6.07, 6.45) is 4.02. The molecule has 156 valence electrons. The highest BCUT2D eigenvalue weighted by Gasteiger charge is 2.22. The molecule has 8 nitrogen and oxygen atoms in total. The van der Waals surface area contributed by atoms with E-state index in [1.54, 1.807) is 6.07 Å². The van der Waals surface area contributed by atoms with Gasteiger partial charge in [0.1, 0.15) is 23.6 Å². The van der Waals surface area contributed by atoms with Gasteiger partial charge in [-0.05, 0) is 75.4 Å². The molecule has 0 bridgehead atoms. The number of ether oxygens (including phenoxy) is 1. The number of nitrogens with two attached hydrogens (primary N) is 1. The van der Waals surface area contributed by atoms with Crippen molar-refractivity contribution >= 4 is 34.4 Å².